The second kappa shape index (κ2) is 43.5. The average Bonchev–Trinajstić information content (AvgIpc) is 1.64. The molecule has 612 valence electrons. The number of aliphatic carboxylic acids is 1. The van der Waals surface area contributed by atoms with Gasteiger partial charge in [0.1, 0.15) is 48.9 Å². The number of aromatic amines is 3. The van der Waals surface area contributed by atoms with Gasteiger partial charge in [-0.1, -0.05) is 128 Å². The number of carboxylic acid groups (broad SMARTS) is 1. The van der Waals surface area contributed by atoms with Gasteiger partial charge in [-0.15, -0.1) is 45.6 Å². The van der Waals surface area contributed by atoms with E-state index in [4.69, 9.17) is 138 Å². The van der Waals surface area contributed by atoms with Crippen molar-refractivity contribution >= 4 is 283 Å². The first-order valence-corrected chi connectivity index (χ1v) is 43.3. The summed E-state index contributed by atoms with van der Waals surface area (Å²) in [6.45, 7) is 7.79. The van der Waals surface area contributed by atoms with Crippen molar-refractivity contribution in [2.75, 3.05) is 7.11 Å². The van der Waals surface area contributed by atoms with Gasteiger partial charge in [0.15, 0.2) is 0 Å². The minimum Gasteiger partial charge on any atom is -0.870 e. The van der Waals surface area contributed by atoms with E-state index in [2.05, 4.69) is 19.7 Å². The normalized spacial score (nSPS) is 11.5. The van der Waals surface area contributed by atoms with Crippen LogP contribution in [0.15, 0.2) is 165 Å². The number of carbonyl (C=O) groups excluding carboxylic acids is 3. The molecule has 42 heteroatoms. The monoisotopic (exact) mass is 1940 g/mol. The third-order valence-electron chi connectivity index (χ3n) is 15.6. The number of hydrogen-bond acceptors (Lipinski definition) is 15. The number of aryl methyl sites for hydroxylation is 4. The number of nitrogens with one attached hydrogen (secondary N) is 5. The Morgan fingerprint density at radius 2 is 0.838 bits per heavy atom. The molecule has 6 aromatic carbocycles. The van der Waals surface area contributed by atoms with Gasteiger partial charge in [-0.05, 0) is 176 Å². The second-order valence-corrected chi connectivity index (χ2v) is 37.6. The Hall–Kier alpha value is -6.90. The first kappa shape index (κ1) is 98.9. The molecular weight excluding hydrogens is 1890 g/mol. The number of thiophene rings is 3. The number of methoxy groups -OCH3 is 1. The molecule has 0 aliphatic carbocycles. The van der Waals surface area contributed by atoms with Crippen LogP contribution < -0.4 is 44.1 Å². The Bertz CT molecular complexity index is 6350. The number of benzene rings is 6. The summed E-state index contributed by atoms with van der Waals surface area (Å²) in [5, 5.41) is 18.9. The zero-order valence-electron chi connectivity index (χ0n) is 60.7. The number of carboxylic acids is 1. The van der Waals surface area contributed by atoms with Crippen LogP contribution in [0.1, 0.15) is 55.6 Å². The maximum Gasteiger partial charge on any atom is 1.00 e. The molecule has 0 spiro atoms. The smallest absolute Gasteiger partial charge is 0.870 e. The van der Waals surface area contributed by atoms with Crippen LogP contribution in [0.4, 0.5) is 17.6 Å². The van der Waals surface area contributed by atoms with Gasteiger partial charge in [0.2, 0.25) is 10.0 Å². The van der Waals surface area contributed by atoms with E-state index in [1.54, 1.807) is 48.9 Å². The molecular formula is C75H57Cl11F4N7NaO13S6. The number of primary sulfonamides is 1. The number of fused-ring (bicyclic) bond motifs is 4. The maximum absolute atomic E-state index is 14.4. The van der Waals surface area contributed by atoms with Crippen molar-refractivity contribution in [2.24, 2.45) is 5.14 Å². The Balaban J connectivity index is 0.000000229. The van der Waals surface area contributed by atoms with Crippen molar-refractivity contribution in [3.8, 4) is 0 Å². The zero-order valence-corrected chi connectivity index (χ0v) is 75.9. The number of aromatic nitrogens is 4. The van der Waals surface area contributed by atoms with Crippen LogP contribution in [0.25, 0.3) is 67.9 Å². The minimum absolute atomic E-state index is 0. The Morgan fingerprint density at radius 1 is 0.487 bits per heavy atom. The topological polar surface area (TPSA) is 333 Å². The predicted octanol–water partition coefficient (Wildman–Crippen LogP) is 19.6. The quantitative estimate of drug-likeness (QED) is 0.0156. The fourth-order valence-corrected chi connectivity index (χ4v) is 19.5. The number of halogens is 15. The summed E-state index contributed by atoms with van der Waals surface area (Å²) in [6.07, 6.45) is 17.0. The summed E-state index contributed by atoms with van der Waals surface area (Å²) in [5.74, 6) is -4.56. The van der Waals surface area contributed by atoms with Gasteiger partial charge in [-0.25, -0.2) is 67.0 Å². The minimum atomic E-state index is -4.18. The summed E-state index contributed by atoms with van der Waals surface area (Å²) >= 11 is 65.7. The van der Waals surface area contributed by atoms with Crippen LogP contribution >= 0.6 is 162 Å². The SMILES string of the molecule is COC(=O)/C=C/c1cc(F)cc2c(C)c[nH]c12.Cc1c[nH]c2c(/C=C/C(=O)NS(=O)(=O)c3cc(Cl)c(Cl)s3)cc(F)cc12.Cc1c[nH]c2c(/C=C/C(=O)O)cc(F)cc12.Cc1cn(Cc2ccc(Cl)cc2Cl)c2c(/C=C/C(=O)NS(=O)(=O)c3cc(Cl)c(Cl)s3)cc(F)cc12.ClCc1ccc(Cl)cc1Cl.NS(=O)(=O)c1cc(Cl)c(Cl)s1.[Na+].[OH-]. The largest absolute Gasteiger partial charge is 1.00 e. The number of ether oxygens (including phenoxy) is 1. The predicted molar refractivity (Wildman–Crippen MR) is 460 cm³/mol. The molecule has 0 radical (unpaired) electrons. The van der Waals surface area contributed by atoms with Gasteiger partial charge >= 0.3 is 41.5 Å². The first-order chi connectivity index (χ1) is 53.9. The molecule has 0 aliphatic heterocycles. The van der Waals surface area contributed by atoms with E-state index in [-0.39, 0.29) is 87.4 Å². The molecule has 0 saturated carbocycles. The third-order valence-corrected chi connectivity index (χ3v) is 27.8. The number of alkyl halides is 1. The molecule has 117 heavy (non-hydrogen) atoms. The molecule has 0 aliphatic rings. The molecule has 2 amide bonds. The molecule has 20 nitrogen and oxygen atoms in total. The molecule has 0 saturated heterocycles. The van der Waals surface area contributed by atoms with Crippen molar-refractivity contribution < 1.29 is 107 Å². The van der Waals surface area contributed by atoms with Crippen LogP contribution in [0.5, 0.6) is 0 Å². The van der Waals surface area contributed by atoms with Gasteiger partial charge < -0.3 is 34.8 Å². The van der Waals surface area contributed by atoms with Crippen molar-refractivity contribution in [1.82, 2.24) is 29.0 Å². The van der Waals surface area contributed by atoms with Crippen molar-refractivity contribution in [2.45, 2.75) is 52.7 Å². The number of amides is 2. The number of nitrogens with zero attached hydrogens (tertiary/aromatic N) is 1. The summed E-state index contributed by atoms with van der Waals surface area (Å²) in [4.78, 5) is 54.8. The van der Waals surface area contributed by atoms with Crippen molar-refractivity contribution in [1.29, 1.82) is 0 Å². The number of sulfonamides is 3. The summed E-state index contributed by atoms with van der Waals surface area (Å²) in [6, 6.07) is 24.8. The van der Waals surface area contributed by atoms with Crippen LogP contribution in [0.3, 0.4) is 0 Å². The Kier molecular flexibility index (Phi) is 36.8. The maximum atomic E-state index is 14.4. The van der Waals surface area contributed by atoms with E-state index in [1.165, 1.54) is 92.1 Å². The zero-order chi connectivity index (χ0) is 84.9. The molecule has 13 aromatic rings. The number of rotatable bonds is 16. The van der Waals surface area contributed by atoms with Gasteiger partial charge in [-0.2, -0.15) is 0 Å². The molecule has 9 N–H and O–H groups in total. The third kappa shape index (κ3) is 27.3. The summed E-state index contributed by atoms with van der Waals surface area (Å²) < 4.78 is 136. The van der Waals surface area contributed by atoms with E-state index in [9.17, 15) is 62.0 Å². The molecule has 0 fully saturated rings. The fourth-order valence-electron chi connectivity index (χ4n) is 10.3. The Morgan fingerprint density at radius 3 is 1.18 bits per heavy atom. The van der Waals surface area contributed by atoms with E-state index >= 15 is 0 Å². The molecule has 0 bridgehead atoms. The molecule has 0 atom stereocenters. The van der Waals surface area contributed by atoms with Crippen LogP contribution in [0.2, 0.25) is 48.2 Å². The Labute approximate surface area is 755 Å². The van der Waals surface area contributed by atoms with Crippen molar-refractivity contribution in [3.05, 3.63) is 279 Å². The average molecular weight is 1950 g/mol. The number of esters is 1. The first-order valence-electron chi connectivity index (χ1n) is 32.0. The number of carbonyl (C=O) groups is 4. The number of hydrogen-bond donors (Lipinski definition) is 7. The van der Waals surface area contributed by atoms with Gasteiger partial charge in [0.05, 0.1) is 44.2 Å². The number of H-pyrrole nitrogens is 3. The van der Waals surface area contributed by atoms with Crippen LogP contribution in [0, 0.1) is 51.0 Å². The summed E-state index contributed by atoms with van der Waals surface area (Å²) in [5.41, 5.74) is 10.1. The molecule has 7 aromatic heterocycles. The molecule has 7 heterocycles. The number of nitrogens with two attached hydrogens (primary N) is 1. The van der Waals surface area contributed by atoms with Gasteiger partial charge in [0.25, 0.3) is 31.9 Å². The molecule has 0 unspecified atom stereocenters. The van der Waals surface area contributed by atoms with Crippen LogP contribution in [-0.4, -0.2) is 86.2 Å². The standard InChI is InChI=1S/C23H15Cl4FN2O3S2.C16H11Cl2FN2O3S2.C13H12FNO2.C12H10FNO2.C7H5Cl3.C4H3Cl2NO2S2.Na.H2O/c1-12-10-30(11-14-2-4-15(24)7-18(14)25)22-13(6-16(28)8-17(12)22)3-5-20(31)29-35(32,33)21-9-19(26)23(27)34-21;1-8-7-20-15-9(4-10(19)5-11(8)15)2-3-13(22)21-26(23,24)14-6-12(17)16(18)25-14;1-8-7-15-13-9(3-4-12(16)17-2)5-10(14)6-11(8)13;1-7-6-14-12-8(2-3-11(15)16)4-9(13)5-10(7)12;8-4-5-1-2-6(9)3-7(5)10;5-2-1-3(10-4(2)6)11(7,8)9;;/h2-10H,11H2,1H3,(H,29,31);2-7,20H,1H3,(H,21,22);3-7,15H,1-2H3;2-6,14H,1H3,(H,15,16);1-3H,4H2;1H,(H2,7,8,9);;1H2/q;;;;;;+1;/p-1/b5-3+;3-2+;4-3+;3-2+;;;;. The fraction of sp³-hybridized carbons (Fsp3) is 0.0933. The molecule has 13 rings (SSSR count). The van der Waals surface area contributed by atoms with Gasteiger partial charge in [-0.3, -0.25) is 9.59 Å². The summed E-state index contributed by atoms with van der Waals surface area (Å²) in [7, 11) is -10.6. The van der Waals surface area contributed by atoms with Crippen LogP contribution in [-0.2, 0) is 66.4 Å². The second-order valence-electron chi connectivity index (χ2n) is 23.8. The van der Waals surface area contributed by atoms with Crippen molar-refractivity contribution in [3.63, 3.8) is 0 Å². The van der Waals surface area contributed by atoms with Gasteiger partial charge in [0, 0.05) is 125 Å². The van der Waals surface area contributed by atoms with E-state index < -0.39 is 65.5 Å². The van der Waals surface area contributed by atoms with E-state index in [0.29, 0.717) is 76.6 Å². The van der Waals surface area contributed by atoms with E-state index in [1.807, 2.05) is 54.0 Å². The van der Waals surface area contributed by atoms with E-state index in [0.717, 1.165) is 120 Å².